The van der Waals surface area contributed by atoms with Gasteiger partial charge >= 0.3 is 5.97 Å². The van der Waals surface area contributed by atoms with Crippen LogP contribution in [0.4, 0.5) is 0 Å². The summed E-state index contributed by atoms with van der Waals surface area (Å²) < 4.78 is 7.39. The molecule has 0 unspecified atom stereocenters. The minimum atomic E-state index is -0.775. The zero-order valence-corrected chi connectivity index (χ0v) is 11.0. The molecule has 1 saturated heterocycles. The summed E-state index contributed by atoms with van der Waals surface area (Å²) in [7, 11) is 1.96. The predicted octanol–water partition coefficient (Wildman–Crippen LogP) is 1.64. The maximum absolute atomic E-state index is 10.6. The zero-order chi connectivity index (χ0) is 13.1. The fourth-order valence-electron chi connectivity index (χ4n) is 2.46. The van der Waals surface area contributed by atoms with Gasteiger partial charge in [-0.15, -0.1) is 0 Å². The van der Waals surface area contributed by atoms with Crippen molar-refractivity contribution in [3.63, 3.8) is 0 Å². The van der Waals surface area contributed by atoms with Crippen LogP contribution in [0.3, 0.4) is 0 Å². The normalized spacial score (nSPS) is 17.0. The van der Waals surface area contributed by atoms with Gasteiger partial charge in [0.2, 0.25) is 0 Å². The molecular formula is C13H20N2O3. The van der Waals surface area contributed by atoms with Gasteiger partial charge in [0.1, 0.15) is 5.82 Å². The first kappa shape index (κ1) is 13.1. The van der Waals surface area contributed by atoms with Crippen LogP contribution >= 0.6 is 0 Å². The molecule has 0 spiro atoms. The average molecular weight is 252 g/mol. The third-order valence-corrected chi connectivity index (χ3v) is 3.68. The predicted molar refractivity (Wildman–Crippen MR) is 66.7 cm³/mol. The van der Waals surface area contributed by atoms with Crippen molar-refractivity contribution in [3.8, 4) is 0 Å². The largest absolute Gasteiger partial charge is 0.481 e. The number of aliphatic carboxylic acids is 1. The van der Waals surface area contributed by atoms with Crippen LogP contribution in [0.5, 0.6) is 0 Å². The molecule has 100 valence electrons. The standard InChI is InChI=1S/C13H20N2O3/c1-9-13(10-5-7-18-8-6-10)14-11(15(9)2)3-4-12(16)17/h10H,3-8H2,1-2H3,(H,16,17). The Bertz CT molecular complexity index is 434. The highest BCUT2D eigenvalue weighted by Crippen LogP contribution is 2.28. The Morgan fingerprint density at radius 3 is 2.78 bits per heavy atom. The summed E-state index contributed by atoms with van der Waals surface area (Å²) >= 11 is 0. The SMILES string of the molecule is Cc1c(C2CCOCC2)nc(CCC(=O)O)n1C. The second-order valence-corrected chi connectivity index (χ2v) is 4.84. The molecule has 0 radical (unpaired) electrons. The summed E-state index contributed by atoms with van der Waals surface area (Å²) in [6, 6.07) is 0. The van der Waals surface area contributed by atoms with Gasteiger partial charge in [-0.05, 0) is 19.8 Å². The number of nitrogens with zero attached hydrogens (tertiary/aromatic N) is 2. The lowest BCUT2D eigenvalue weighted by molar-refractivity contribution is -0.137. The number of ether oxygens (including phenoxy) is 1. The van der Waals surface area contributed by atoms with E-state index in [0.717, 1.165) is 43.3 Å². The van der Waals surface area contributed by atoms with E-state index in [1.54, 1.807) is 0 Å². The molecule has 1 aliphatic rings. The Balaban J connectivity index is 2.15. The topological polar surface area (TPSA) is 64.3 Å². The van der Waals surface area contributed by atoms with E-state index in [0.29, 0.717) is 12.3 Å². The molecule has 0 atom stereocenters. The maximum Gasteiger partial charge on any atom is 0.303 e. The van der Waals surface area contributed by atoms with E-state index in [9.17, 15) is 4.79 Å². The van der Waals surface area contributed by atoms with E-state index in [-0.39, 0.29) is 6.42 Å². The summed E-state index contributed by atoms with van der Waals surface area (Å²) in [6.07, 6.45) is 2.65. The second-order valence-electron chi connectivity index (χ2n) is 4.84. The van der Waals surface area contributed by atoms with E-state index >= 15 is 0 Å². The van der Waals surface area contributed by atoms with Gasteiger partial charge < -0.3 is 14.4 Å². The average Bonchev–Trinajstić information content (AvgIpc) is 2.65. The number of imidazole rings is 1. The molecule has 1 N–H and O–H groups in total. The first-order valence-corrected chi connectivity index (χ1v) is 6.41. The highest BCUT2D eigenvalue weighted by molar-refractivity contribution is 5.66. The summed E-state index contributed by atoms with van der Waals surface area (Å²) in [4.78, 5) is 15.3. The molecule has 1 aromatic rings. The lowest BCUT2D eigenvalue weighted by Crippen LogP contribution is -2.15. The van der Waals surface area contributed by atoms with E-state index in [4.69, 9.17) is 9.84 Å². The van der Waals surface area contributed by atoms with E-state index in [1.807, 2.05) is 11.6 Å². The van der Waals surface area contributed by atoms with E-state index in [1.165, 1.54) is 0 Å². The van der Waals surface area contributed by atoms with Crippen molar-refractivity contribution >= 4 is 5.97 Å². The van der Waals surface area contributed by atoms with Crippen molar-refractivity contribution in [2.45, 2.75) is 38.5 Å². The number of carbonyl (C=O) groups is 1. The Kier molecular flexibility index (Phi) is 4.01. The van der Waals surface area contributed by atoms with Crippen molar-refractivity contribution < 1.29 is 14.6 Å². The summed E-state index contributed by atoms with van der Waals surface area (Å²) in [5.74, 6) is 0.559. The number of hydrogen-bond donors (Lipinski definition) is 1. The molecule has 18 heavy (non-hydrogen) atoms. The zero-order valence-electron chi connectivity index (χ0n) is 11.0. The lowest BCUT2D eigenvalue weighted by atomic mass is 9.95. The third kappa shape index (κ3) is 2.72. The molecule has 0 bridgehead atoms. The minimum absolute atomic E-state index is 0.136. The fraction of sp³-hybridized carbons (Fsp3) is 0.692. The van der Waals surface area contributed by atoms with Crippen LogP contribution in [0.15, 0.2) is 0 Å². The molecule has 1 aliphatic heterocycles. The molecule has 5 heteroatoms. The van der Waals surface area contributed by atoms with Gasteiger partial charge in [-0.1, -0.05) is 0 Å². The monoisotopic (exact) mass is 252 g/mol. The van der Waals surface area contributed by atoms with Gasteiger partial charge in [0.25, 0.3) is 0 Å². The second kappa shape index (κ2) is 5.52. The highest BCUT2D eigenvalue weighted by atomic mass is 16.5. The Morgan fingerprint density at radius 2 is 2.17 bits per heavy atom. The summed E-state index contributed by atoms with van der Waals surface area (Å²) in [5, 5.41) is 8.74. The molecule has 1 aromatic heterocycles. The Labute approximate surface area is 107 Å². The third-order valence-electron chi connectivity index (χ3n) is 3.68. The van der Waals surface area contributed by atoms with Crippen molar-refractivity contribution in [2.75, 3.05) is 13.2 Å². The number of rotatable bonds is 4. The number of carboxylic acid groups (broad SMARTS) is 1. The quantitative estimate of drug-likeness (QED) is 0.884. The van der Waals surface area contributed by atoms with Gasteiger partial charge in [-0.3, -0.25) is 4.79 Å². The highest BCUT2D eigenvalue weighted by Gasteiger charge is 2.22. The van der Waals surface area contributed by atoms with Gasteiger partial charge in [-0.2, -0.15) is 0 Å². The fourth-order valence-corrected chi connectivity index (χ4v) is 2.46. The molecule has 1 fully saturated rings. The number of hydrogen-bond acceptors (Lipinski definition) is 3. The first-order chi connectivity index (χ1) is 8.59. The van der Waals surface area contributed by atoms with Gasteiger partial charge in [-0.25, -0.2) is 4.98 Å². The van der Waals surface area contributed by atoms with Gasteiger partial charge in [0, 0.05) is 38.3 Å². The molecular weight excluding hydrogens is 232 g/mol. The van der Waals surface area contributed by atoms with Gasteiger partial charge in [0.15, 0.2) is 0 Å². The number of aromatic nitrogens is 2. The first-order valence-electron chi connectivity index (χ1n) is 6.41. The molecule has 2 heterocycles. The molecule has 2 rings (SSSR count). The molecule has 0 amide bonds. The summed E-state index contributed by atoms with van der Waals surface area (Å²) in [6.45, 7) is 3.65. The minimum Gasteiger partial charge on any atom is -0.481 e. The van der Waals surface area contributed by atoms with Crippen molar-refractivity contribution in [1.82, 2.24) is 9.55 Å². The van der Waals surface area contributed by atoms with Crippen LogP contribution < -0.4 is 0 Å². The van der Waals surface area contributed by atoms with Crippen molar-refractivity contribution in [3.05, 3.63) is 17.2 Å². The Hall–Kier alpha value is -1.36. The molecule has 0 aromatic carbocycles. The smallest absolute Gasteiger partial charge is 0.303 e. The van der Waals surface area contributed by atoms with Crippen molar-refractivity contribution in [1.29, 1.82) is 0 Å². The molecule has 0 saturated carbocycles. The van der Waals surface area contributed by atoms with Crippen LogP contribution in [-0.4, -0.2) is 33.8 Å². The van der Waals surface area contributed by atoms with Crippen LogP contribution in [0, 0.1) is 6.92 Å². The van der Waals surface area contributed by atoms with Crippen LogP contribution in [0.2, 0.25) is 0 Å². The maximum atomic E-state index is 10.6. The number of carboxylic acids is 1. The lowest BCUT2D eigenvalue weighted by Gasteiger charge is -2.21. The van der Waals surface area contributed by atoms with E-state index < -0.39 is 5.97 Å². The van der Waals surface area contributed by atoms with Gasteiger partial charge in [0.05, 0.1) is 12.1 Å². The van der Waals surface area contributed by atoms with Crippen molar-refractivity contribution in [2.24, 2.45) is 7.05 Å². The van der Waals surface area contributed by atoms with Crippen LogP contribution in [-0.2, 0) is 23.0 Å². The molecule has 0 aliphatic carbocycles. The van der Waals surface area contributed by atoms with Crippen LogP contribution in [0.1, 0.15) is 42.4 Å². The molecule has 5 nitrogen and oxygen atoms in total. The summed E-state index contributed by atoms with van der Waals surface area (Å²) in [5.41, 5.74) is 2.28. The van der Waals surface area contributed by atoms with Crippen LogP contribution in [0.25, 0.3) is 0 Å². The number of aryl methyl sites for hydroxylation is 1. The Morgan fingerprint density at radius 1 is 1.50 bits per heavy atom. The van der Waals surface area contributed by atoms with E-state index in [2.05, 4.69) is 11.9 Å².